The Morgan fingerprint density at radius 1 is 1.65 bits per heavy atom. The van der Waals surface area contributed by atoms with Crippen LogP contribution in [0.15, 0.2) is 12.3 Å². The van der Waals surface area contributed by atoms with Crippen molar-refractivity contribution >= 4 is 17.4 Å². The molecule has 1 aromatic heterocycles. The predicted molar refractivity (Wildman–Crippen MR) is 60.2 cm³/mol. The first-order valence-electron chi connectivity index (χ1n) is 5.05. The molecule has 0 aliphatic carbocycles. The van der Waals surface area contributed by atoms with Crippen molar-refractivity contribution in [2.45, 2.75) is 23.9 Å². The zero-order valence-corrected chi connectivity index (χ0v) is 9.58. The topological polar surface area (TPSA) is 104 Å². The maximum Gasteiger partial charge on any atom is 0.246 e. The van der Waals surface area contributed by atoms with Gasteiger partial charge in [0.2, 0.25) is 6.04 Å². The molecule has 3 atom stereocenters. The maximum atomic E-state index is 10.9. The Morgan fingerprint density at radius 3 is 3.06 bits per heavy atom. The molecule has 2 rings (SSSR count). The van der Waals surface area contributed by atoms with Crippen LogP contribution in [-0.4, -0.2) is 33.1 Å². The summed E-state index contributed by atoms with van der Waals surface area (Å²) in [7, 11) is 0. The highest BCUT2D eigenvalue weighted by Gasteiger charge is 2.41. The van der Waals surface area contributed by atoms with Gasteiger partial charge in [0.1, 0.15) is 23.8 Å². The fraction of sp³-hybridized carbons (Fsp3) is 0.556. The summed E-state index contributed by atoms with van der Waals surface area (Å²) in [6.07, 6.45) is 1.78. The van der Waals surface area contributed by atoms with Gasteiger partial charge in [0.25, 0.3) is 0 Å². The smallest absolute Gasteiger partial charge is 0.246 e. The van der Waals surface area contributed by atoms with Gasteiger partial charge in [0.05, 0.1) is 5.92 Å². The lowest BCUT2D eigenvalue weighted by Crippen LogP contribution is -2.40. The van der Waals surface area contributed by atoms with Crippen molar-refractivity contribution in [3.63, 3.8) is 0 Å². The summed E-state index contributed by atoms with van der Waals surface area (Å²) in [4.78, 5) is 18.6. The first-order valence-corrected chi connectivity index (χ1v) is 5.49. The summed E-state index contributed by atoms with van der Waals surface area (Å²) < 4.78 is 5.07. The third-order valence-corrected chi connectivity index (χ3v) is 2.95. The number of hydrogen-bond donors (Lipinski definition) is 1. The summed E-state index contributed by atoms with van der Waals surface area (Å²) in [6.45, 7) is -0.0377. The van der Waals surface area contributed by atoms with Crippen LogP contribution in [0.4, 0.5) is 5.82 Å². The summed E-state index contributed by atoms with van der Waals surface area (Å²) in [5, 5.41) is 10.9. The summed E-state index contributed by atoms with van der Waals surface area (Å²) >= 11 is 5.84. The highest BCUT2D eigenvalue weighted by molar-refractivity contribution is 6.19. The van der Waals surface area contributed by atoms with Crippen molar-refractivity contribution < 1.29 is 9.66 Å². The molecule has 0 saturated carbocycles. The molecule has 2 N–H and O–H groups in total. The van der Waals surface area contributed by atoms with Crippen LogP contribution < -0.4 is 5.73 Å². The van der Waals surface area contributed by atoms with Gasteiger partial charge in [-0.2, -0.15) is 0 Å². The molecule has 1 aliphatic rings. The Morgan fingerprint density at radius 2 is 2.41 bits per heavy atom. The highest BCUT2D eigenvalue weighted by atomic mass is 35.5. The number of rotatable bonds is 2. The van der Waals surface area contributed by atoms with Crippen molar-refractivity contribution in [2.24, 2.45) is 0 Å². The minimum absolute atomic E-state index is 0.0377. The first kappa shape index (κ1) is 12.0. The van der Waals surface area contributed by atoms with Crippen molar-refractivity contribution in [3.05, 3.63) is 28.2 Å². The van der Waals surface area contributed by atoms with E-state index in [1.807, 2.05) is 0 Å². The molecule has 7 nitrogen and oxygen atoms in total. The Bertz CT molecular complexity index is 430. The van der Waals surface area contributed by atoms with E-state index in [1.54, 1.807) is 0 Å². The maximum absolute atomic E-state index is 10.9. The standard InChI is InChI=1S/C9H11ClN4O3/c10-7-3-5(6(4-17-7)14(15)16)9-12-2-1-8(11)13-9/h1-2,5-7H,3-4H2,(H2,11,12,13). The van der Waals surface area contributed by atoms with E-state index in [0.29, 0.717) is 12.2 Å². The second-order valence-electron chi connectivity index (χ2n) is 3.78. The number of nitro groups is 1. The summed E-state index contributed by atoms with van der Waals surface area (Å²) in [5.74, 6) is 0.167. The lowest BCUT2D eigenvalue weighted by Gasteiger charge is -2.27. The third kappa shape index (κ3) is 2.62. The number of ether oxygens (including phenoxy) is 1. The fourth-order valence-corrected chi connectivity index (χ4v) is 2.06. The zero-order chi connectivity index (χ0) is 12.4. The first-order chi connectivity index (χ1) is 8.08. The lowest BCUT2D eigenvalue weighted by molar-refractivity contribution is -0.535. The molecule has 1 aromatic rings. The quantitative estimate of drug-likeness (QED) is 0.477. The second kappa shape index (κ2) is 4.80. The minimum Gasteiger partial charge on any atom is -0.384 e. The van der Waals surface area contributed by atoms with E-state index in [9.17, 15) is 10.1 Å². The van der Waals surface area contributed by atoms with Crippen LogP contribution in [0, 0.1) is 10.1 Å². The van der Waals surface area contributed by atoms with Gasteiger partial charge in [0, 0.05) is 17.5 Å². The second-order valence-corrected chi connectivity index (χ2v) is 4.26. The van der Waals surface area contributed by atoms with Crippen molar-refractivity contribution in [3.8, 4) is 0 Å². The number of nitrogens with two attached hydrogens (primary N) is 1. The molecule has 2 heterocycles. The Hall–Kier alpha value is -1.47. The average molecular weight is 259 g/mol. The highest BCUT2D eigenvalue weighted by Crippen LogP contribution is 2.31. The van der Waals surface area contributed by atoms with Gasteiger partial charge in [0.15, 0.2) is 0 Å². The Labute approximate surface area is 102 Å². The van der Waals surface area contributed by atoms with E-state index in [1.165, 1.54) is 12.3 Å². The van der Waals surface area contributed by atoms with E-state index >= 15 is 0 Å². The van der Waals surface area contributed by atoms with Gasteiger partial charge in [-0.3, -0.25) is 10.1 Å². The van der Waals surface area contributed by atoms with E-state index in [0.717, 1.165) is 0 Å². The SMILES string of the molecule is Nc1ccnc(C2CC(Cl)OCC2[N+](=O)[O-])n1. The number of aromatic nitrogens is 2. The fourth-order valence-electron chi connectivity index (χ4n) is 1.80. The van der Waals surface area contributed by atoms with E-state index < -0.39 is 17.5 Å². The monoisotopic (exact) mass is 258 g/mol. The van der Waals surface area contributed by atoms with Crippen LogP contribution in [0.1, 0.15) is 18.2 Å². The molecule has 3 unspecified atom stereocenters. The molecule has 1 aliphatic heterocycles. The lowest BCUT2D eigenvalue weighted by atomic mass is 9.94. The normalized spacial score (nSPS) is 28.9. The van der Waals surface area contributed by atoms with Crippen LogP contribution in [-0.2, 0) is 4.74 Å². The summed E-state index contributed by atoms with van der Waals surface area (Å²) in [5.41, 5.74) is 4.98. The van der Waals surface area contributed by atoms with Crippen LogP contribution >= 0.6 is 11.6 Å². The number of halogens is 1. The van der Waals surface area contributed by atoms with Crippen LogP contribution in [0.25, 0.3) is 0 Å². The van der Waals surface area contributed by atoms with Gasteiger partial charge in [-0.25, -0.2) is 9.97 Å². The van der Waals surface area contributed by atoms with Crippen LogP contribution in [0.5, 0.6) is 0 Å². The van der Waals surface area contributed by atoms with Crippen LogP contribution in [0.3, 0.4) is 0 Å². The van der Waals surface area contributed by atoms with Crippen molar-refractivity contribution in [1.82, 2.24) is 9.97 Å². The summed E-state index contributed by atoms with van der Waals surface area (Å²) in [6, 6.07) is 0.647. The predicted octanol–water partition coefficient (Wildman–Crippen LogP) is 0.773. The molecule has 1 saturated heterocycles. The molecule has 8 heteroatoms. The molecule has 0 radical (unpaired) electrons. The Kier molecular flexibility index (Phi) is 3.39. The third-order valence-electron chi connectivity index (χ3n) is 2.65. The van der Waals surface area contributed by atoms with Gasteiger partial charge in [-0.05, 0) is 6.07 Å². The molecule has 0 spiro atoms. The Balaban J connectivity index is 2.28. The van der Waals surface area contributed by atoms with E-state index in [-0.39, 0.29) is 17.3 Å². The van der Waals surface area contributed by atoms with Crippen molar-refractivity contribution in [1.29, 1.82) is 0 Å². The number of anilines is 1. The molecule has 0 aromatic carbocycles. The van der Waals surface area contributed by atoms with Gasteiger partial charge in [-0.1, -0.05) is 11.6 Å². The number of nitrogen functional groups attached to an aromatic ring is 1. The molecule has 0 amide bonds. The molecule has 0 bridgehead atoms. The van der Waals surface area contributed by atoms with Gasteiger partial charge < -0.3 is 10.5 Å². The van der Waals surface area contributed by atoms with Gasteiger partial charge >= 0.3 is 0 Å². The number of hydrogen-bond acceptors (Lipinski definition) is 6. The largest absolute Gasteiger partial charge is 0.384 e. The molecule has 92 valence electrons. The minimum atomic E-state index is -0.883. The average Bonchev–Trinajstić information content (AvgIpc) is 2.28. The zero-order valence-electron chi connectivity index (χ0n) is 8.82. The molecule has 1 fully saturated rings. The number of alkyl halides is 1. The molecule has 17 heavy (non-hydrogen) atoms. The molecular formula is C9H11ClN4O3. The van der Waals surface area contributed by atoms with E-state index in [2.05, 4.69) is 9.97 Å². The van der Waals surface area contributed by atoms with Gasteiger partial charge in [-0.15, -0.1) is 0 Å². The van der Waals surface area contributed by atoms with Crippen molar-refractivity contribution in [2.75, 3.05) is 12.3 Å². The molecular weight excluding hydrogens is 248 g/mol. The number of nitrogens with zero attached hydrogens (tertiary/aromatic N) is 3. The van der Waals surface area contributed by atoms with E-state index in [4.69, 9.17) is 22.1 Å². The van der Waals surface area contributed by atoms with Crippen LogP contribution in [0.2, 0.25) is 0 Å².